The summed E-state index contributed by atoms with van der Waals surface area (Å²) in [5.41, 5.74) is 0.851. The molecule has 0 bridgehead atoms. The zero-order valence-electron chi connectivity index (χ0n) is 16.5. The second kappa shape index (κ2) is 10.1. The van der Waals surface area contributed by atoms with Gasteiger partial charge in [-0.25, -0.2) is 4.79 Å². The first kappa shape index (κ1) is 21.7. The van der Waals surface area contributed by atoms with Gasteiger partial charge in [0.1, 0.15) is 5.75 Å². The molecule has 8 heteroatoms. The second-order valence-corrected chi connectivity index (χ2v) is 6.78. The maximum absolute atomic E-state index is 12.8. The number of hydrogen-bond acceptors (Lipinski definition) is 5. The molecule has 8 nitrogen and oxygen atoms in total. The Morgan fingerprint density at radius 2 is 1.96 bits per heavy atom. The SMILES string of the molecule is CCCCN1C(=O)CC(C(=O)NCC(OC)C(=O)O)C1c1ccc(OC)cc1. The number of rotatable bonds is 10. The predicted octanol–water partition coefficient (Wildman–Crippen LogP) is 1.60. The first-order valence-electron chi connectivity index (χ1n) is 9.39. The fourth-order valence-electron chi connectivity index (χ4n) is 3.43. The summed E-state index contributed by atoms with van der Waals surface area (Å²) in [6, 6.07) is 6.93. The molecule has 0 saturated carbocycles. The van der Waals surface area contributed by atoms with E-state index >= 15 is 0 Å². The molecule has 0 radical (unpaired) electrons. The number of nitrogens with one attached hydrogen (secondary N) is 1. The highest BCUT2D eigenvalue weighted by Gasteiger charge is 2.44. The summed E-state index contributed by atoms with van der Waals surface area (Å²) < 4.78 is 10.0. The van der Waals surface area contributed by atoms with Crippen molar-refractivity contribution < 1.29 is 29.0 Å². The van der Waals surface area contributed by atoms with E-state index in [1.807, 2.05) is 19.1 Å². The number of ether oxygens (including phenoxy) is 2. The lowest BCUT2D eigenvalue weighted by Gasteiger charge is -2.28. The predicted molar refractivity (Wildman–Crippen MR) is 102 cm³/mol. The minimum Gasteiger partial charge on any atom is -0.497 e. The van der Waals surface area contributed by atoms with E-state index in [4.69, 9.17) is 14.6 Å². The molecule has 28 heavy (non-hydrogen) atoms. The molecule has 154 valence electrons. The van der Waals surface area contributed by atoms with Gasteiger partial charge in [0, 0.05) is 20.1 Å². The molecule has 1 aromatic rings. The van der Waals surface area contributed by atoms with Crippen molar-refractivity contribution in [3.8, 4) is 5.75 Å². The molecule has 0 aromatic heterocycles. The number of carboxylic acids is 1. The number of carbonyl (C=O) groups is 3. The van der Waals surface area contributed by atoms with E-state index in [-0.39, 0.29) is 24.8 Å². The van der Waals surface area contributed by atoms with Crippen molar-refractivity contribution in [3.63, 3.8) is 0 Å². The molecule has 2 rings (SSSR count). The van der Waals surface area contributed by atoms with Crippen molar-refractivity contribution >= 4 is 17.8 Å². The zero-order valence-corrected chi connectivity index (χ0v) is 16.5. The first-order chi connectivity index (χ1) is 13.4. The Balaban J connectivity index is 2.22. The third-order valence-electron chi connectivity index (χ3n) is 5.00. The van der Waals surface area contributed by atoms with Gasteiger partial charge in [-0.2, -0.15) is 0 Å². The standard InChI is InChI=1S/C20H28N2O6/c1-4-5-10-22-17(23)11-15(19(24)21-12-16(28-3)20(25)26)18(22)13-6-8-14(27-2)9-7-13/h6-9,15-16,18H,4-5,10-12H2,1-3H3,(H,21,24)(H,25,26). The number of amides is 2. The van der Waals surface area contributed by atoms with E-state index < -0.39 is 24.0 Å². The zero-order chi connectivity index (χ0) is 20.7. The van der Waals surface area contributed by atoms with Gasteiger partial charge in [0.05, 0.1) is 25.6 Å². The van der Waals surface area contributed by atoms with Crippen molar-refractivity contribution in [2.45, 2.75) is 38.3 Å². The second-order valence-electron chi connectivity index (χ2n) is 6.78. The molecule has 1 aromatic carbocycles. The lowest BCUT2D eigenvalue weighted by Crippen LogP contribution is -2.42. The van der Waals surface area contributed by atoms with Crippen LogP contribution < -0.4 is 10.1 Å². The Bertz CT molecular complexity index is 690. The molecule has 1 aliphatic rings. The van der Waals surface area contributed by atoms with Crippen molar-refractivity contribution in [1.82, 2.24) is 10.2 Å². The smallest absolute Gasteiger partial charge is 0.334 e. The fraction of sp³-hybridized carbons (Fsp3) is 0.550. The Morgan fingerprint density at radius 3 is 2.50 bits per heavy atom. The van der Waals surface area contributed by atoms with Crippen LogP contribution in [0.4, 0.5) is 0 Å². The van der Waals surface area contributed by atoms with Crippen LogP contribution in [0.5, 0.6) is 5.75 Å². The Hall–Kier alpha value is -2.61. The number of likely N-dealkylation sites (tertiary alicyclic amines) is 1. The summed E-state index contributed by atoms with van der Waals surface area (Å²) in [6.45, 7) is 2.47. The molecule has 1 saturated heterocycles. The lowest BCUT2D eigenvalue weighted by atomic mass is 9.92. The third-order valence-corrected chi connectivity index (χ3v) is 5.00. The van der Waals surface area contributed by atoms with Crippen LogP contribution >= 0.6 is 0 Å². The third kappa shape index (κ3) is 5.01. The number of benzene rings is 1. The van der Waals surface area contributed by atoms with Gasteiger partial charge in [-0.3, -0.25) is 9.59 Å². The van der Waals surface area contributed by atoms with E-state index in [1.165, 1.54) is 7.11 Å². The fourth-order valence-corrected chi connectivity index (χ4v) is 3.43. The van der Waals surface area contributed by atoms with Crippen molar-refractivity contribution in [2.75, 3.05) is 27.3 Å². The molecule has 2 amide bonds. The molecule has 0 spiro atoms. The maximum Gasteiger partial charge on any atom is 0.334 e. The van der Waals surface area contributed by atoms with Crippen LogP contribution in [-0.4, -0.2) is 61.2 Å². The van der Waals surface area contributed by atoms with Crippen LogP contribution in [0, 0.1) is 5.92 Å². The quantitative estimate of drug-likeness (QED) is 0.627. The number of hydrogen-bond donors (Lipinski definition) is 2. The summed E-state index contributed by atoms with van der Waals surface area (Å²) in [5.74, 6) is -1.48. The van der Waals surface area contributed by atoms with E-state index in [9.17, 15) is 14.4 Å². The van der Waals surface area contributed by atoms with E-state index in [1.54, 1.807) is 24.1 Å². The van der Waals surface area contributed by atoms with E-state index in [0.717, 1.165) is 18.4 Å². The molecule has 2 N–H and O–H groups in total. The monoisotopic (exact) mass is 392 g/mol. The van der Waals surface area contributed by atoms with Crippen LogP contribution in [0.25, 0.3) is 0 Å². The van der Waals surface area contributed by atoms with Crippen molar-refractivity contribution in [1.29, 1.82) is 0 Å². The largest absolute Gasteiger partial charge is 0.497 e. The number of aliphatic carboxylic acids is 1. The molecule has 1 aliphatic heterocycles. The van der Waals surface area contributed by atoms with Gasteiger partial charge in [0.15, 0.2) is 6.10 Å². The molecular formula is C20H28N2O6. The van der Waals surface area contributed by atoms with Gasteiger partial charge in [-0.1, -0.05) is 25.5 Å². The van der Waals surface area contributed by atoms with Crippen LogP contribution in [-0.2, 0) is 19.1 Å². The number of carboxylic acid groups (broad SMARTS) is 1. The Labute approximate surface area is 164 Å². The topological polar surface area (TPSA) is 105 Å². The van der Waals surface area contributed by atoms with Crippen molar-refractivity contribution in [3.05, 3.63) is 29.8 Å². The van der Waals surface area contributed by atoms with Gasteiger partial charge < -0.3 is 24.8 Å². The van der Waals surface area contributed by atoms with Gasteiger partial charge in [0.2, 0.25) is 11.8 Å². The normalized spacial score (nSPS) is 20.1. The Morgan fingerprint density at radius 1 is 1.29 bits per heavy atom. The minimum atomic E-state index is -1.15. The lowest BCUT2D eigenvalue weighted by molar-refractivity contribution is -0.148. The minimum absolute atomic E-state index is 0.0732. The van der Waals surface area contributed by atoms with Gasteiger partial charge >= 0.3 is 5.97 Å². The van der Waals surface area contributed by atoms with Crippen molar-refractivity contribution in [2.24, 2.45) is 5.92 Å². The maximum atomic E-state index is 12.8. The summed E-state index contributed by atoms with van der Waals surface area (Å²) in [4.78, 5) is 38.2. The number of carbonyl (C=O) groups excluding carboxylic acids is 2. The van der Waals surface area contributed by atoms with Crippen LogP contribution in [0.2, 0.25) is 0 Å². The molecular weight excluding hydrogens is 364 g/mol. The average Bonchev–Trinajstić information content (AvgIpc) is 3.02. The first-order valence-corrected chi connectivity index (χ1v) is 9.39. The molecule has 1 fully saturated rings. The highest BCUT2D eigenvalue weighted by Crippen LogP contribution is 2.39. The highest BCUT2D eigenvalue weighted by atomic mass is 16.5. The van der Waals surface area contributed by atoms with E-state index in [0.29, 0.717) is 12.3 Å². The highest BCUT2D eigenvalue weighted by molar-refractivity contribution is 5.90. The molecule has 1 heterocycles. The number of unbranched alkanes of at least 4 members (excludes halogenated alkanes) is 1. The molecule has 0 aliphatic carbocycles. The summed E-state index contributed by atoms with van der Waals surface area (Å²) in [7, 11) is 2.85. The van der Waals surface area contributed by atoms with E-state index in [2.05, 4.69) is 5.32 Å². The van der Waals surface area contributed by atoms with Gasteiger partial charge in [0.25, 0.3) is 0 Å². The Kier molecular flexibility index (Phi) is 7.80. The number of methoxy groups -OCH3 is 2. The number of nitrogens with zero attached hydrogens (tertiary/aromatic N) is 1. The van der Waals surface area contributed by atoms with Gasteiger partial charge in [-0.05, 0) is 24.1 Å². The summed E-state index contributed by atoms with van der Waals surface area (Å²) >= 11 is 0. The average molecular weight is 392 g/mol. The van der Waals surface area contributed by atoms with Crippen LogP contribution in [0.3, 0.4) is 0 Å². The summed E-state index contributed by atoms with van der Waals surface area (Å²) in [5, 5.41) is 11.7. The van der Waals surface area contributed by atoms with Crippen LogP contribution in [0.1, 0.15) is 37.8 Å². The van der Waals surface area contributed by atoms with Gasteiger partial charge in [-0.15, -0.1) is 0 Å². The molecule has 3 atom stereocenters. The molecule has 3 unspecified atom stereocenters. The summed E-state index contributed by atoms with van der Waals surface area (Å²) in [6.07, 6.45) is 0.746. The van der Waals surface area contributed by atoms with Crippen LogP contribution in [0.15, 0.2) is 24.3 Å².